The van der Waals surface area contributed by atoms with Crippen molar-refractivity contribution < 1.29 is 22.8 Å². The van der Waals surface area contributed by atoms with Gasteiger partial charge in [-0.1, -0.05) is 12.1 Å². The fourth-order valence-electron chi connectivity index (χ4n) is 3.45. The first-order chi connectivity index (χ1) is 14.6. The summed E-state index contributed by atoms with van der Waals surface area (Å²) >= 11 is 0. The predicted molar refractivity (Wildman–Crippen MR) is 107 cm³/mol. The van der Waals surface area contributed by atoms with E-state index < -0.39 is 30.6 Å². The van der Waals surface area contributed by atoms with Crippen LogP contribution >= 0.6 is 0 Å². The Balaban J connectivity index is 1.51. The van der Waals surface area contributed by atoms with E-state index in [0.717, 1.165) is 23.7 Å². The van der Waals surface area contributed by atoms with Crippen LogP contribution in [0.1, 0.15) is 28.5 Å². The molecule has 4 rings (SSSR count). The minimum absolute atomic E-state index is 0.133. The van der Waals surface area contributed by atoms with Crippen LogP contribution in [0.15, 0.2) is 30.5 Å². The fourth-order valence-corrected chi connectivity index (χ4v) is 3.45. The van der Waals surface area contributed by atoms with Gasteiger partial charge in [0.05, 0.1) is 34.3 Å². The lowest BCUT2D eigenvalue weighted by Gasteiger charge is -2.20. The lowest BCUT2D eigenvalue weighted by Crippen LogP contribution is -2.47. The van der Waals surface area contributed by atoms with Gasteiger partial charge in [0.25, 0.3) is 5.91 Å². The van der Waals surface area contributed by atoms with E-state index in [9.17, 15) is 22.8 Å². The third kappa shape index (κ3) is 4.03. The van der Waals surface area contributed by atoms with Crippen molar-refractivity contribution in [1.82, 2.24) is 25.4 Å². The molecule has 11 heteroatoms. The van der Waals surface area contributed by atoms with Crippen LogP contribution in [0.4, 0.5) is 24.5 Å². The highest BCUT2D eigenvalue weighted by atomic mass is 19.4. The molecule has 0 radical (unpaired) electrons. The molecule has 0 fully saturated rings. The molecule has 0 saturated heterocycles. The normalized spacial score (nSPS) is 14.6. The highest BCUT2D eigenvalue weighted by Gasteiger charge is 2.38. The molecule has 0 spiro atoms. The lowest BCUT2D eigenvalue weighted by molar-refractivity contribution is -0.158. The smallest absolute Gasteiger partial charge is 0.354 e. The van der Waals surface area contributed by atoms with Gasteiger partial charge in [-0.05, 0) is 31.5 Å². The van der Waals surface area contributed by atoms with Gasteiger partial charge in [0, 0.05) is 6.54 Å². The maximum absolute atomic E-state index is 12.9. The summed E-state index contributed by atoms with van der Waals surface area (Å²) in [6.07, 6.45) is -2.93. The first-order valence-electron chi connectivity index (χ1n) is 9.48. The number of pyridine rings is 1. The monoisotopic (exact) mass is 432 g/mol. The SMILES string of the molecule is Cc1n[nH]c2cc(Nc3cccc4c3C(=O)N(CC(=O)N[C@@H](C)C(F)(F)F)C4)cnc12. The third-order valence-electron chi connectivity index (χ3n) is 5.07. The predicted octanol–water partition coefficient (Wildman–Crippen LogP) is 3.03. The maximum atomic E-state index is 12.9. The van der Waals surface area contributed by atoms with Gasteiger partial charge in [-0.15, -0.1) is 0 Å². The minimum atomic E-state index is -4.55. The zero-order chi connectivity index (χ0) is 22.3. The molecule has 1 aliphatic heterocycles. The second-order valence-electron chi connectivity index (χ2n) is 7.39. The van der Waals surface area contributed by atoms with Crippen LogP contribution in [-0.2, 0) is 11.3 Å². The molecule has 3 N–H and O–H groups in total. The summed E-state index contributed by atoms with van der Waals surface area (Å²) in [5.41, 5.74) is 4.45. The number of amides is 2. The van der Waals surface area contributed by atoms with Crippen LogP contribution in [0, 0.1) is 6.92 Å². The molecule has 31 heavy (non-hydrogen) atoms. The number of alkyl halides is 3. The van der Waals surface area contributed by atoms with Gasteiger partial charge < -0.3 is 15.5 Å². The van der Waals surface area contributed by atoms with E-state index in [1.807, 2.05) is 18.3 Å². The van der Waals surface area contributed by atoms with Gasteiger partial charge in [-0.2, -0.15) is 18.3 Å². The zero-order valence-corrected chi connectivity index (χ0v) is 16.7. The van der Waals surface area contributed by atoms with Crippen molar-refractivity contribution >= 4 is 34.2 Å². The summed E-state index contributed by atoms with van der Waals surface area (Å²) in [5, 5.41) is 12.0. The van der Waals surface area contributed by atoms with Crippen molar-refractivity contribution in [3.05, 3.63) is 47.3 Å². The van der Waals surface area contributed by atoms with Crippen LogP contribution in [0.2, 0.25) is 0 Å². The van der Waals surface area contributed by atoms with Gasteiger partial charge >= 0.3 is 6.18 Å². The number of nitrogens with zero attached hydrogens (tertiary/aromatic N) is 3. The Kier molecular flexibility index (Phi) is 5.03. The van der Waals surface area contributed by atoms with Gasteiger partial charge in [-0.25, -0.2) is 0 Å². The summed E-state index contributed by atoms with van der Waals surface area (Å²) in [6, 6.07) is 5.04. The fraction of sp³-hybridized carbons (Fsp3) is 0.300. The molecule has 3 heterocycles. The topological polar surface area (TPSA) is 103 Å². The van der Waals surface area contributed by atoms with Crippen molar-refractivity contribution in [2.45, 2.75) is 32.6 Å². The molecule has 2 amide bonds. The van der Waals surface area contributed by atoms with Gasteiger partial charge in [0.15, 0.2) is 0 Å². The van der Waals surface area contributed by atoms with Gasteiger partial charge in [0.2, 0.25) is 5.91 Å². The number of benzene rings is 1. The lowest BCUT2D eigenvalue weighted by atomic mass is 10.1. The number of carbonyl (C=O) groups excluding carboxylic acids is 2. The highest BCUT2D eigenvalue weighted by Crippen LogP contribution is 2.31. The Hall–Kier alpha value is -3.63. The first kappa shape index (κ1) is 20.6. The maximum Gasteiger partial charge on any atom is 0.408 e. The van der Waals surface area contributed by atoms with Crippen LogP contribution < -0.4 is 10.6 Å². The molecule has 2 aromatic heterocycles. The van der Waals surface area contributed by atoms with Crippen molar-refractivity contribution in [2.75, 3.05) is 11.9 Å². The van der Waals surface area contributed by atoms with E-state index in [2.05, 4.69) is 20.5 Å². The van der Waals surface area contributed by atoms with E-state index in [1.54, 1.807) is 24.4 Å². The van der Waals surface area contributed by atoms with Gasteiger partial charge in [0.1, 0.15) is 18.1 Å². The quantitative estimate of drug-likeness (QED) is 0.575. The second kappa shape index (κ2) is 7.56. The molecule has 0 aliphatic carbocycles. The van der Waals surface area contributed by atoms with Crippen molar-refractivity contribution in [3.8, 4) is 0 Å². The Bertz CT molecular complexity index is 1170. The molecule has 1 aliphatic rings. The number of halogens is 3. The summed E-state index contributed by atoms with van der Waals surface area (Å²) in [5.74, 6) is -1.30. The summed E-state index contributed by atoms with van der Waals surface area (Å²) in [4.78, 5) is 30.5. The van der Waals surface area contributed by atoms with E-state index in [0.29, 0.717) is 22.5 Å². The molecule has 1 atom stereocenters. The number of aryl methyl sites for hydroxylation is 1. The summed E-state index contributed by atoms with van der Waals surface area (Å²) < 4.78 is 38.0. The number of aromatic amines is 1. The Labute approximate surface area is 174 Å². The standard InChI is InChI=1S/C20H19F3N6O2/c1-10-18-15(28-27-10)6-13(7-24-18)26-14-5-3-4-12-8-29(19(31)17(12)14)9-16(30)25-11(2)20(21,22)23/h3-7,11,26H,8-9H2,1-2H3,(H,25,30)(H,27,28)/t11-/m0/s1. The largest absolute Gasteiger partial charge is 0.408 e. The number of carbonyl (C=O) groups is 2. The third-order valence-corrected chi connectivity index (χ3v) is 5.07. The zero-order valence-electron chi connectivity index (χ0n) is 16.7. The first-order valence-corrected chi connectivity index (χ1v) is 9.48. The van der Waals surface area contributed by atoms with Crippen LogP contribution in [-0.4, -0.2) is 50.7 Å². The number of hydrogen-bond acceptors (Lipinski definition) is 5. The van der Waals surface area contributed by atoms with E-state index >= 15 is 0 Å². The highest BCUT2D eigenvalue weighted by molar-refractivity contribution is 6.05. The summed E-state index contributed by atoms with van der Waals surface area (Å²) in [7, 11) is 0. The van der Waals surface area contributed by atoms with Crippen LogP contribution in [0.5, 0.6) is 0 Å². The van der Waals surface area contributed by atoms with Crippen molar-refractivity contribution in [3.63, 3.8) is 0 Å². The second-order valence-corrected chi connectivity index (χ2v) is 7.39. The average Bonchev–Trinajstić information content (AvgIpc) is 3.21. The number of aromatic nitrogens is 3. The molecule has 0 saturated carbocycles. The molecule has 0 bridgehead atoms. The molecule has 0 unspecified atom stereocenters. The van der Waals surface area contributed by atoms with Crippen LogP contribution in [0.25, 0.3) is 11.0 Å². The van der Waals surface area contributed by atoms with E-state index in [1.165, 1.54) is 4.90 Å². The van der Waals surface area contributed by atoms with E-state index in [-0.39, 0.29) is 6.54 Å². The molecule has 8 nitrogen and oxygen atoms in total. The van der Waals surface area contributed by atoms with Crippen molar-refractivity contribution in [2.24, 2.45) is 0 Å². The van der Waals surface area contributed by atoms with E-state index in [4.69, 9.17) is 0 Å². The minimum Gasteiger partial charge on any atom is -0.354 e. The number of hydrogen-bond donors (Lipinski definition) is 3. The Morgan fingerprint density at radius 3 is 2.87 bits per heavy atom. The van der Waals surface area contributed by atoms with Crippen LogP contribution in [0.3, 0.4) is 0 Å². The number of H-pyrrole nitrogens is 1. The van der Waals surface area contributed by atoms with Gasteiger partial charge in [-0.3, -0.25) is 19.7 Å². The molecule has 162 valence electrons. The average molecular weight is 432 g/mol. The molecule has 1 aromatic carbocycles. The number of rotatable bonds is 5. The Morgan fingerprint density at radius 1 is 1.35 bits per heavy atom. The number of anilines is 2. The Morgan fingerprint density at radius 2 is 2.13 bits per heavy atom. The molecular weight excluding hydrogens is 413 g/mol. The van der Waals surface area contributed by atoms with Crippen molar-refractivity contribution in [1.29, 1.82) is 0 Å². The number of fused-ring (bicyclic) bond motifs is 2. The summed E-state index contributed by atoms with van der Waals surface area (Å²) in [6.45, 7) is 2.36. The number of nitrogens with one attached hydrogen (secondary N) is 3. The molecule has 3 aromatic rings. The molecular formula is C20H19F3N6O2.